The van der Waals surface area contributed by atoms with Crippen molar-refractivity contribution in [1.29, 1.82) is 0 Å². The molecule has 2 aromatic carbocycles. The fourth-order valence-corrected chi connectivity index (χ4v) is 4.29. The van der Waals surface area contributed by atoms with Crippen LogP contribution in [0, 0.1) is 0 Å². The number of aromatic nitrogens is 3. The van der Waals surface area contributed by atoms with Crippen molar-refractivity contribution in [3.05, 3.63) is 77.7 Å². The van der Waals surface area contributed by atoms with E-state index in [1.165, 1.54) is 11.8 Å². The van der Waals surface area contributed by atoms with Crippen LogP contribution in [0.25, 0.3) is 16.4 Å². The summed E-state index contributed by atoms with van der Waals surface area (Å²) < 4.78 is 7.20. The average molecular weight is 408 g/mol. The molecule has 0 spiro atoms. The van der Waals surface area contributed by atoms with E-state index in [1.54, 1.807) is 30.6 Å². The van der Waals surface area contributed by atoms with E-state index in [4.69, 9.17) is 4.74 Å². The second-order valence-electron chi connectivity index (χ2n) is 5.90. The largest absolute Gasteiger partial charge is 0.497 e. The Kier molecular flexibility index (Phi) is 5.55. The number of thiophene rings is 1. The molecule has 0 fully saturated rings. The molecule has 0 atom stereocenters. The lowest BCUT2D eigenvalue weighted by Crippen LogP contribution is -2.05. The number of Topliss-reactive ketones (excluding diaryl/α,β-unsaturated/α-hetero) is 1. The summed E-state index contributed by atoms with van der Waals surface area (Å²) in [6.07, 6.45) is 0. The average Bonchev–Trinajstić information content (AvgIpc) is 3.42. The van der Waals surface area contributed by atoms with Crippen molar-refractivity contribution in [2.75, 3.05) is 12.9 Å². The summed E-state index contributed by atoms with van der Waals surface area (Å²) in [5.74, 6) is 1.73. The second-order valence-corrected chi connectivity index (χ2v) is 7.79. The lowest BCUT2D eigenvalue weighted by atomic mass is 10.1. The van der Waals surface area contributed by atoms with Gasteiger partial charge >= 0.3 is 0 Å². The van der Waals surface area contributed by atoms with E-state index in [9.17, 15) is 4.79 Å². The number of hydrogen-bond donors (Lipinski definition) is 0. The van der Waals surface area contributed by atoms with Crippen molar-refractivity contribution in [2.45, 2.75) is 5.16 Å². The second kappa shape index (κ2) is 8.41. The van der Waals surface area contributed by atoms with Gasteiger partial charge in [-0.25, -0.2) is 0 Å². The van der Waals surface area contributed by atoms with Gasteiger partial charge in [0.05, 0.1) is 17.7 Å². The van der Waals surface area contributed by atoms with Crippen LogP contribution in [-0.2, 0) is 0 Å². The highest BCUT2D eigenvalue weighted by atomic mass is 32.2. The fraction of sp³-hybridized carbons (Fsp3) is 0.0952. The smallest absolute Gasteiger partial charge is 0.196 e. The lowest BCUT2D eigenvalue weighted by Gasteiger charge is -2.09. The molecular weight excluding hydrogens is 390 g/mol. The molecule has 0 amide bonds. The Morgan fingerprint density at radius 2 is 1.93 bits per heavy atom. The van der Waals surface area contributed by atoms with E-state index in [0.717, 1.165) is 16.4 Å². The van der Waals surface area contributed by atoms with Gasteiger partial charge in [-0.15, -0.1) is 21.5 Å². The maximum atomic E-state index is 12.6. The molecule has 2 heterocycles. The number of nitrogens with zero attached hydrogens (tertiary/aromatic N) is 3. The molecule has 4 rings (SSSR count). The minimum Gasteiger partial charge on any atom is -0.497 e. The standard InChI is InChI=1S/C21H17N3O2S2/c1-26-17-10-5-7-15(13-17)18(25)14-28-21-23-22-20(19-11-6-12-27-19)24(21)16-8-3-2-4-9-16/h2-13H,14H2,1H3. The topological polar surface area (TPSA) is 57.0 Å². The summed E-state index contributed by atoms with van der Waals surface area (Å²) in [5, 5.41) is 11.4. The third-order valence-electron chi connectivity index (χ3n) is 4.11. The Labute approximate surface area is 171 Å². The molecule has 0 bridgehead atoms. The molecule has 7 heteroatoms. The van der Waals surface area contributed by atoms with Crippen LogP contribution in [0.5, 0.6) is 5.75 Å². The summed E-state index contributed by atoms with van der Waals surface area (Å²) in [6.45, 7) is 0. The first-order chi connectivity index (χ1) is 13.8. The van der Waals surface area contributed by atoms with E-state index in [-0.39, 0.29) is 11.5 Å². The summed E-state index contributed by atoms with van der Waals surface area (Å²) >= 11 is 2.99. The summed E-state index contributed by atoms with van der Waals surface area (Å²) in [6, 6.07) is 21.1. The van der Waals surface area contributed by atoms with Gasteiger partial charge in [-0.3, -0.25) is 9.36 Å². The van der Waals surface area contributed by atoms with Gasteiger partial charge in [0.1, 0.15) is 5.75 Å². The first kappa shape index (κ1) is 18.5. The van der Waals surface area contributed by atoms with Crippen molar-refractivity contribution in [1.82, 2.24) is 14.8 Å². The van der Waals surface area contributed by atoms with Gasteiger partial charge in [0.25, 0.3) is 0 Å². The van der Waals surface area contributed by atoms with Gasteiger partial charge in [-0.1, -0.05) is 48.2 Å². The molecule has 0 radical (unpaired) electrons. The van der Waals surface area contributed by atoms with Crippen molar-refractivity contribution in [3.63, 3.8) is 0 Å². The van der Waals surface area contributed by atoms with E-state index < -0.39 is 0 Å². The zero-order valence-electron chi connectivity index (χ0n) is 15.1. The number of benzene rings is 2. The van der Waals surface area contributed by atoms with Crippen LogP contribution in [0.15, 0.2) is 77.3 Å². The lowest BCUT2D eigenvalue weighted by molar-refractivity contribution is 0.102. The van der Waals surface area contributed by atoms with Gasteiger partial charge in [-0.2, -0.15) is 0 Å². The molecule has 0 aliphatic rings. The SMILES string of the molecule is COc1cccc(C(=O)CSc2nnc(-c3cccs3)n2-c2ccccc2)c1. The molecule has 28 heavy (non-hydrogen) atoms. The highest BCUT2D eigenvalue weighted by Crippen LogP contribution is 2.30. The third kappa shape index (κ3) is 3.85. The monoisotopic (exact) mass is 407 g/mol. The number of carbonyl (C=O) groups excluding carboxylic acids is 1. The molecule has 5 nitrogen and oxygen atoms in total. The molecule has 140 valence electrons. The Hall–Kier alpha value is -2.90. The number of para-hydroxylation sites is 1. The summed E-state index contributed by atoms with van der Waals surface area (Å²) in [7, 11) is 1.59. The van der Waals surface area contributed by atoms with Crippen LogP contribution < -0.4 is 4.74 Å². The van der Waals surface area contributed by atoms with Crippen molar-refractivity contribution >= 4 is 28.9 Å². The van der Waals surface area contributed by atoms with Crippen molar-refractivity contribution in [3.8, 4) is 22.1 Å². The molecule has 0 unspecified atom stereocenters. The first-order valence-electron chi connectivity index (χ1n) is 8.61. The van der Waals surface area contributed by atoms with Crippen LogP contribution in [0.1, 0.15) is 10.4 Å². The Balaban J connectivity index is 1.62. The number of methoxy groups -OCH3 is 1. The van der Waals surface area contributed by atoms with Crippen molar-refractivity contribution in [2.24, 2.45) is 0 Å². The van der Waals surface area contributed by atoms with Gasteiger partial charge in [-0.05, 0) is 35.7 Å². The Bertz CT molecular complexity index is 1080. The van der Waals surface area contributed by atoms with E-state index in [0.29, 0.717) is 16.5 Å². The molecule has 4 aromatic rings. The number of ether oxygens (including phenoxy) is 1. The minimum absolute atomic E-state index is 0.0178. The molecule has 0 aliphatic heterocycles. The number of carbonyl (C=O) groups is 1. The summed E-state index contributed by atoms with van der Waals surface area (Å²) in [5.41, 5.74) is 1.59. The molecular formula is C21H17N3O2S2. The minimum atomic E-state index is 0.0178. The Morgan fingerprint density at radius 3 is 2.68 bits per heavy atom. The maximum absolute atomic E-state index is 12.6. The van der Waals surface area contributed by atoms with Gasteiger partial charge < -0.3 is 4.74 Å². The number of hydrogen-bond acceptors (Lipinski definition) is 6. The molecule has 0 N–H and O–H groups in total. The van der Waals surface area contributed by atoms with E-state index >= 15 is 0 Å². The van der Waals surface area contributed by atoms with Gasteiger partial charge in [0.2, 0.25) is 0 Å². The third-order valence-corrected chi connectivity index (χ3v) is 5.91. The number of thioether (sulfide) groups is 1. The highest BCUT2D eigenvalue weighted by Gasteiger charge is 2.18. The van der Waals surface area contributed by atoms with Crippen LogP contribution in [0.2, 0.25) is 0 Å². The van der Waals surface area contributed by atoms with Gasteiger partial charge in [0, 0.05) is 11.3 Å². The number of ketones is 1. The van der Waals surface area contributed by atoms with Crippen LogP contribution in [0.3, 0.4) is 0 Å². The molecule has 0 aliphatic carbocycles. The molecule has 0 saturated carbocycles. The van der Waals surface area contributed by atoms with Crippen molar-refractivity contribution < 1.29 is 9.53 Å². The maximum Gasteiger partial charge on any atom is 0.196 e. The predicted molar refractivity (Wildman–Crippen MR) is 113 cm³/mol. The zero-order chi connectivity index (χ0) is 19.3. The van der Waals surface area contributed by atoms with Crippen LogP contribution in [-0.4, -0.2) is 33.4 Å². The van der Waals surface area contributed by atoms with Crippen LogP contribution >= 0.6 is 23.1 Å². The summed E-state index contributed by atoms with van der Waals surface area (Å²) in [4.78, 5) is 13.7. The normalized spacial score (nSPS) is 10.8. The first-order valence-corrected chi connectivity index (χ1v) is 10.5. The predicted octanol–water partition coefficient (Wildman–Crippen LogP) is 4.98. The van der Waals surface area contributed by atoms with Gasteiger partial charge in [0.15, 0.2) is 16.8 Å². The Morgan fingerprint density at radius 1 is 1.07 bits per heavy atom. The van der Waals surface area contributed by atoms with E-state index in [1.807, 2.05) is 64.5 Å². The van der Waals surface area contributed by atoms with E-state index in [2.05, 4.69) is 10.2 Å². The molecule has 2 aromatic heterocycles. The highest BCUT2D eigenvalue weighted by molar-refractivity contribution is 7.99. The number of rotatable bonds is 7. The quantitative estimate of drug-likeness (QED) is 0.319. The van der Waals surface area contributed by atoms with Crippen LogP contribution in [0.4, 0.5) is 0 Å². The molecule has 0 saturated heterocycles. The zero-order valence-corrected chi connectivity index (χ0v) is 16.7. The fourth-order valence-electron chi connectivity index (χ4n) is 2.75.